The first-order chi connectivity index (χ1) is 11.7. The summed E-state index contributed by atoms with van der Waals surface area (Å²) in [6, 6.07) is 0. The van der Waals surface area contributed by atoms with Crippen LogP contribution in [-0.4, -0.2) is 22.8 Å². The van der Waals surface area contributed by atoms with Crippen LogP contribution >= 0.6 is 0 Å². The highest BCUT2D eigenvalue weighted by molar-refractivity contribution is 5.92. The van der Waals surface area contributed by atoms with Crippen LogP contribution in [0.1, 0.15) is 66.2 Å². The predicted octanol–water partition coefficient (Wildman–Crippen LogP) is 3.94. The van der Waals surface area contributed by atoms with Gasteiger partial charge in [-0.25, -0.2) is 0 Å². The van der Waals surface area contributed by atoms with Crippen LogP contribution in [0.15, 0.2) is 11.6 Å². The van der Waals surface area contributed by atoms with E-state index in [0.29, 0.717) is 29.5 Å². The van der Waals surface area contributed by atoms with Gasteiger partial charge in [0.15, 0.2) is 5.78 Å². The molecule has 0 aromatic carbocycles. The molecule has 0 radical (unpaired) electrons. The minimum atomic E-state index is -0.551. The fourth-order valence-corrected chi connectivity index (χ4v) is 7.68. The topological polar surface area (TPSA) is 54.4 Å². The van der Waals surface area contributed by atoms with Gasteiger partial charge in [0.05, 0.1) is 6.10 Å². The van der Waals surface area contributed by atoms with Crippen LogP contribution in [0.3, 0.4) is 0 Å². The van der Waals surface area contributed by atoms with Gasteiger partial charge >= 0.3 is 0 Å². The molecule has 3 saturated carbocycles. The van der Waals surface area contributed by atoms with Gasteiger partial charge in [0.25, 0.3) is 0 Å². The third-order valence-corrected chi connectivity index (χ3v) is 8.88. The van der Waals surface area contributed by atoms with E-state index in [1.54, 1.807) is 6.92 Å². The Morgan fingerprint density at radius 3 is 2.60 bits per heavy atom. The molecule has 0 amide bonds. The number of hydrogen-bond donors (Lipinski definition) is 1. The van der Waals surface area contributed by atoms with Crippen LogP contribution in [0.25, 0.3) is 0 Å². The van der Waals surface area contributed by atoms with Crippen molar-refractivity contribution in [2.75, 3.05) is 0 Å². The molecule has 4 aliphatic rings. The molecule has 8 atom stereocenters. The number of aliphatic hydroxyl groups is 1. The lowest BCUT2D eigenvalue weighted by atomic mass is 9.44. The Hall–Kier alpha value is -0.960. The SMILES string of the molecule is CC(=O)[C@H]1CC[C@H]2[C@@H]3CC(C)C4=CC(=O)CC(O)[C@]4(C)[C@H]3CC[C@]12C. The van der Waals surface area contributed by atoms with E-state index < -0.39 is 6.10 Å². The van der Waals surface area contributed by atoms with Crippen molar-refractivity contribution in [1.82, 2.24) is 0 Å². The van der Waals surface area contributed by atoms with Crippen LogP contribution in [-0.2, 0) is 9.59 Å². The van der Waals surface area contributed by atoms with Crippen molar-refractivity contribution in [3.8, 4) is 0 Å². The van der Waals surface area contributed by atoms with Gasteiger partial charge in [-0.15, -0.1) is 0 Å². The van der Waals surface area contributed by atoms with Crippen molar-refractivity contribution in [2.24, 2.45) is 40.4 Å². The number of fused-ring (bicyclic) bond motifs is 5. The Kier molecular flexibility index (Phi) is 3.85. The molecule has 0 aromatic rings. The summed E-state index contributed by atoms with van der Waals surface area (Å²) in [5.74, 6) is 2.63. The molecule has 3 nitrogen and oxygen atoms in total. The molecule has 0 heterocycles. The summed E-state index contributed by atoms with van der Waals surface area (Å²) < 4.78 is 0. The molecule has 3 fully saturated rings. The van der Waals surface area contributed by atoms with E-state index in [2.05, 4.69) is 20.8 Å². The van der Waals surface area contributed by atoms with E-state index in [-0.39, 0.29) is 29.0 Å². The second-order valence-electron chi connectivity index (χ2n) is 9.87. The molecule has 0 spiro atoms. The third-order valence-electron chi connectivity index (χ3n) is 8.88. The molecule has 4 aliphatic carbocycles. The zero-order chi connectivity index (χ0) is 18.1. The number of ketones is 2. The van der Waals surface area contributed by atoms with Crippen molar-refractivity contribution in [3.05, 3.63) is 11.6 Å². The largest absolute Gasteiger partial charge is 0.392 e. The zero-order valence-electron chi connectivity index (χ0n) is 16.0. The van der Waals surface area contributed by atoms with Crippen LogP contribution in [0.2, 0.25) is 0 Å². The molecule has 4 rings (SSSR count). The highest BCUT2D eigenvalue weighted by atomic mass is 16.3. The van der Waals surface area contributed by atoms with E-state index in [0.717, 1.165) is 32.1 Å². The number of carbonyl (C=O) groups is 2. The molecule has 138 valence electrons. The van der Waals surface area contributed by atoms with Gasteiger partial charge in [-0.2, -0.15) is 0 Å². The lowest BCUT2D eigenvalue weighted by Crippen LogP contribution is -2.57. The highest BCUT2D eigenvalue weighted by Gasteiger charge is 2.62. The smallest absolute Gasteiger partial charge is 0.158 e. The number of rotatable bonds is 1. The summed E-state index contributed by atoms with van der Waals surface area (Å²) in [6.07, 6.45) is 7.03. The van der Waals surface area contributed by atoms with Gasteiger partial charge < -0.3 is 5.11 Å². The summed E-state index contributed by atoms with van der Waals surface area (Å²) in [7, 11) is 0. The summed E-state index contributed by atoms with van der Waals surface area (Å²) in [5.41, 5.74) is 1.08. The number of Topliss-reactive ketones (excluding diaryl/α,β-unsaturated/α-hetero) is 1. The van der Waals surface area contributed by atoms with Crippen molar-refractivity contribution in [3.63, 3.8) is 0 Å². The Morgan fingerprint density at radius 2 is 1.92 bits per heavy atom. The maximum absolute atomic E-state index is 12.2. The first-order valence-corrected chi connectivity index (χ1v) is 10.1. The maximum Gasteiger partial charge on any atom is 0.158 e. The molecule has 3 heteroatoms. The van der Waals surface area contributed by atoms with E-state index in [9.17, 15) is 14.7 Å². The standard InChI is InChI=1S/C22H32O3/c1-12-9-15-17-6-5-16(13(2)23)21(17,3)8-7-18(15)22(4)19(12)10-14(24)11-20(22)25/h10,12,15-18,20,25H,5-9,11H2,1-4H3/t12?,15-,16+,17-,18-,20?,21+,22+/m0/s1. The number of carbonyl (C=O) groups excluding carboxylic acids is 2. The van der Waals surface area contributed by atoms with Crippen LogP contribution < -0.4 is 0 Å². The minimum Gasteiger partial charge on any atom is -0.392 e. The lowest BCUT2D eigenvalue weighted by molar-refractivity contribution is -0.136. The fourth-order valence-electron chi connectivity index (χ4n) is 7.68. The average molecular weight is 344 g/mol. The highest BCUT2D eigenvalue weighted by Crippen LogP contribution is 2.67. The normalized spacial score (nSPS) is 52.0. The van der Waals surface area contributed by atoms with E-state index in [1.807, 2.05) is 6.08 Å². The van der Waals surface area contributed by atoms with E-state index in [1.165, 1.54) is 5.57 Å². The molecule has 1 N–H and O–H groups in total. The van der Waals surface area contributed by atoms with Gasteiger partial charge in [-0.3, -0.25) is 9.59 Å². The van der Waals surface area contributed by atoms with E-state index in [4.69, 9.17) is 0 Å². The Balaban J connectivity index is 1.74. The van der Waals surface area contributed by atoms with Crippen molar-refractivity contribution in [2.45, 2.75) is 72.3 Å². The minimum absolute atomic E-state index is 0.0865. The van der Waals surface area contributed by atoms with Gasteiger partial charge in [0.1, 0.15) is 5.78 Å². The summed E-state index contributed by atoms with van der Waals surface area (Å²) in [6.45, 7) is 8.57. The quantitative estimate of drug-likeness (QED) is 0.784. The van der Waals surface area contributed by atoms with Crippen molar-refractivity contribution < 1.29 is 14.7 Å². The molecular weight excluding hydrogens is 312 g/mol. The monoisotopic (exact) mass is 344 g/mol. The Morgan fingerprint density at radius 1 is 1.20 bits per heavy atom. The lowest BCUT2D eigenvalue weighted by Gasteiger charge is -2.60. The van der Waals surface area contributed by atoms with E-state index >= 15 is 0 Å². The second kappa shape index (κ2) is 5.52. The predicted molar refractivity (Wildman–Crippen MR) is 96.8 cm³/mol. The van der Waals surface area contributed by atoms with Crippen molar-refractivity contribution in [1.29, 1.82) is 0 Å². The van der Waals surface area contributed by atoms with Gasteiger partial charge in [-0.05, 0) is 74.2 Å². The average Bonchev–Trinajstić information content (AvgIpc) is 2.88. The summed E-state index contributed by atoms with van der Waals surface area (Å²) in [4.78, 5) is 24.3. The van der Waals surface area contributed by atoms with Gasteiger partial charge in [0, 0.05) is 17.8 Å². The van der Waals surface area contributed by atoms with Crippen LogP contribution in [0.4, 0.5) is 0 Å². The van der Waals surface area contributed by atoms with Crippen LogP contribution in [0, 0.1) is 40.4 Å². The molecule has 0 aromatic heterocycles. The Bertz CT molecular complexity index is 650. The number of hydrogen-bond acceptors (Lipinski definition) is 3. The second-order valence-corrected chi connectivity index (χ2v) is 9.87. The summed E-state index contributed by atoms with van der Waals surface area (Å²) in [5, 5.41) is 10.9. The molecule has 0 aliphatic heterocycles. The molecule has 0 saturated heterocycles. The van der Waals surface area contributed by atoms with Crippen molar-refractivity contribution >= 4 is 11.6 Å². The third kappa shape index (κ3) is 2.20. The summed E-state index contributed by atoms with van der Waals surface area (Å²) >= 11 is 0. The molecule has 25 heavy (non-hydrogen) atoms. The van der Waals surface area contributed by atoms with Gasteiger partial charge in [-0.1, -0.05) is 26.3 Å². The fraction of sp³-hybridized carbons (Fsp3) is 0.818. The molecule has 2 unspecified atom stereocenters. The van der Waals surface area contributed by atoms with Gasteiger partial charge in [0.2, 0.25) is 0 Å². The molecule has 0 bridgehead atoms. The maximum atomic E-state index is 12.2. The first kappa shape index (κ1) is 17.5. The Labute approximate surface area is 151 Å². The van der Waals surface area contributed by atoms with Crippen LogP contribution in [0.5, 0.6) is 0 Å². The first-order valence-electron chi connectivity index (χ1n) is 10.1. The molecular formula is C22H32O3. The number of aliphatic hydroxyl groups excluding tert-OH is 1. The zero-order valence-corrected chi connectivity index (χ0v) is 16.0.